The van der Waals surface area contributed by atoms with E-state index in [1.165, 1.54) is 0 Å². The Hall–Kier alpha value is -1.34. The van der Waals surface area contributed by atoms with Crippen LogP contribution in [0.2, 0.25) is 0 Å². The summed E-state index contributed by atoms with van der Waals surface area (Å²) < 4.78 is 5.97. The van der Waals surface area contributed by atoms with Gasteiger partial charge in [0.2, 0.25) is 0 Å². The number of rotatable bonds is 7. The molecule has 0 saturated carbocycles. The summed E-state index contributed by atoms with van der Waals surface area (Å²) in [4.78, 5) is 11.1. The van der Waals surface area contributed by atoms with Gasteiger partial charge in [0.05, 0.1) is 25.7 Å². The topological polar surface area (TPSA) is 50.1 Å². The Morgan fingerprint density at radius 1 is 1.31 bits per heavy atom. The fourth-order valence-corrected chi connectivity index (χ4v) is 1.64. The van der Waals surface area contributed by atoms with E-state index in [4.69, 9.17) is 10.00 Å². The van der Waals surface area contributed by atoms with Crippen molar-refractivity contribution in [1.29, 1.82) is 5.26 Å². The van der Waals surface area contributed by atoms with Gasteiger partial charge in [-0.3, -0.25) is 0 Å². The van der Waals surface area contributed by atoms with Crippen LogP contribution in [0.4, 0.5) is 0 Å². The minimum absolute atomic E-state index is 0.407. The molecule has 0 spiro atoms. The molecule has 0 aliphatic carbocycles. The summed E-state index contributed by atoms with van der Waals surface area (Å²) in [5.74, 6) is -0.442. The molecular weight excluding hydrogens is 204 g/mol. The highest BCUT2D eigenvalue weighted by Crippen LogP contribution is 2.05. The van der Waals surface area contributed by atoms with E-state index in [0.717, 1.165) is 42.8 Å². The quantitative estimate of drug-likeness (QED) is 0.285. The Bertz CT molecular complexity index is 267. The predicted octanol–water partition coefficient (Wildman–Crippen LogP) is 1.49. The number of quaternary nitrogens is 1. The zero-order valence-electron chi connectivity index (χ0n) is 10.4. The first kappa shape index (κ1) is 14.7. The van der Waals surface area contributed by atoms with E-state index < -0.39 is 5.97 Å². The molecule has 0 atom stereocenters. The lowest BCUT2D eigenvalue weighted by Crippen LogP contribution is -2.49. The first-order valence-corrected chi connectivity index (χ1v) is 5.72. The average molecular weight is 225 g/mol. The van der Waals surface area contributed by atoms with Gasteiger partial charge in [0.25, 0.3) is 0 Å². The third-order valence-electron chi connectivity index (χ3n) is 3.12. The summed E-state index contributed by atoms with van der Waals surface area (Å²) in [5.41, 5.74) is 0. The number of hydrogen-bond acceptors (Lipinski definition) is 3. The number of carbonyl (C=O) groups excluding carboxylic acids is 1. The number of esters is 1. The highest BCUT2D eigenvalue weighted by Gasteiger charge is 2.20. The predicted molar refractivity (Wildman–Crippen MR) is 62.5 cm³/mol. The average Bonchev–Trinajstić information content (AvgIpc) is 2.33. The minimum atomic E-state index is -0.442. The molecule has 0 unspecified atom stereocenters. The summed E-state index contributed by atoms with van der Waals surface area (Å²) in [6.45, 7) is 10.8. The van der Waals surface area contributed by atoms with E-state index in [1.807, 2.05) is 0 Å². The molecule has 4 heteroatoms. The maximum absolute atomic E-state index is 11.1. The molecule has 0 aliphatic rings. The van der Waals surface area contributed by atoms with Crippen LogP contribution < -0.4 is 0 Å². The number of carbonyl (C=O) groups is 1. The highest BCUT2D eigenvalue weighted by molar-refractivity contribution is 5.82. The van der Waals surface area contributed by atoms with Crippen molar-refractivity contribution < 1.29 is 14.0 Å². The van der Waals surface area contributed by atoms with E-state index in [0.29, 0.717) is 6.61 Å². The van der Waals surface area contributed by atoms with Gasteiger partial charge in [0.1, 0.15) is 13.2 Å². The lowest BCUT2D eigenvalue weighted by Gasteiger charge is -2.35. The number of ether oxygens (including phenoxy) is 1. The molecule has 0 radical (unpaired) electrons. The van der Waals surface area contributed by atoms with Crippen molar-refractivity contribution in [2.45, 2.75) is 20.8 Å². The first-order chi connectivity index (χ1) is 7.64. The molecule has 0 aromatic rings. The molecule has 0 bridgehead atoms. The van der Waals surface area contributed by atoms with Crippen molar-refractivity contribution in [3.05, 3.63) is 12.2 Å². The maximum atomic E-state index is 11.1. The Morgan fingerprint density at radius 3 is 2.31 bits per heavy atom. The highest BCUT2D eigenvalue weighted by atomic mass is 16.5. The zero-order valence-corrected chi connectivity index (χ0v) is 10.4. The summed E-state index contributed by atoms with van der Waals surface area (Å²) in [6, 6.07) is 1.75. The van der Waals surface area contributed by atoms with Gasteiger partial charge in [-0.2, -0.15) is 5.26 Å². The molecule has 0 fully saturated rings. The molecule has 0 aliphatic heterocycles. The van der Waals surface area contributed by atoms with Crippen LogP contribution in [-0.2, 0) is 9.53 Å². The molecule has 0 aromatic heterocycles. The van der Waals surface area contributed by atoms with Crippen molar-refractivity contribution >= 4 is 5.97 Å². The molecule has 0 heterocycles. The van der Waals surface area contributed by atoms with E-state index >= 15 is 0 Å². The third-order valence-corrected chi connectivity index (χ3v) is 3.12. The summed E-state index contributed by atoms with van der Waals surface area (Å²) in [7, 11) is 0. The van der Waals surface area contributed by atoms with Crippen LogP contribution >= 0.6 is 0 Å². The van der Waals surface area contributed by atoms with Crippen molar-refractivity contribution in [2.24, 2.45) is 0 Å². The number of nitriles is 1. The van der Waals surface area contributed by atoms with Gasteiger partial charge in [0.15, 0.2) is 0 Å². The third kappa shape index (κ3) is 4.94. The van der Waals surface area contributed by atoms with E-state index in [2.05, 4.69) is 20.8 Å². The second-order valence-corrected chi connectivity index (χ2v) is 3.64. The van der Waals surface area contributed by atoms with Crippen molar-refractivity contribution in [3.8, 4) is 6.07 Å². The Kier molecular flexibility index (Phi) is 7.23. The molecule has 0 amide bonds. The number of allylic oxidation sites excluding steroid dienone is 1. The minimum Gasteiger partial charge on any atom is -0.457 e. The Balaban J connectivity index is 4.01. The summed E-state index contributed by atoms with van der Waals surface area (Å²) in [5, 5.41) is 8.24. The van der Waals surface area contributed by atoms with Crippen LogP contribution in [0.25, 0.3) is 0 Å². The molecular formula is C12H21N2O2+. The van der Waals surface area contributed by atoms with Gasteiger partial charge in [0, 0.05) is 12.2 Å². The Morgan fingerprint density at radius 2 is 1.88 bits per heavy atom. The van der Waals surface area contributed by atoms with Crippen LogP contribution in [0.5, 0.6) is 0 Å². The second-order valence-electron chi connectivity index (χ2n) is 3.64. The molecule has 0 saturated heterocycles. The van der Waals surface area contributed by atoms with Crippen LogP contribution in [0, 0.1) is 11.3 Å². The molecule has 4 nitrogen and oxygen atoms in total. The lowest BCUT2D eigenvalue weighted by atomic mass is 10.3. The summed E-state index contributed by atoms with van der Waals surface area (Å²) in [6.07, 6.45) is 2.28. The van der Waals surface area contributed by atoms with Crippen molar-refractivity contribution in [3.63, 3.8) is 0 Å². The maximum Gasteiger partial charge on any atom is 0.331 e. The first-order valence-electron chi connectivity index (χ1n) is 5.72. The van der Waals surface area contributed by atoms with Crippen LogP contribution in [0.15, 0.2) is 12.2 Å². The fraction of sp³-hybridized carbons (Fsp3) is 0.667. The normalized spacial score (nSPS) is 11.4. The molecule has 0 aromatic carbocycles. The largest absolute Gasteiger partial charge is 0.457 e. The smallest absolute Gasteiger partial charge is 0.331 e. The Labute approximate surface area is 97.7 Å². The van der Waals surface area contributed by atoms with Crippen molar-refractivity contribution in [2.75, 3.05) is 32.8 Å². The van der Waals surface area contributed by atoms with Gasteiger partial charge in [-0.25, -0.2) is 4.79 Å². The van der Waals surface area contributed by atoms with Crippen LogP contribution in [0.3, 0.4) is 0 Å². The fourth-order valence-electron chi connectivity index (χ4n) is 1.64. The number of nitrogens with zero attached hydrogens (tertiary/aromatic N) is 2. The molecule has 0 N–H and O–H groups in total. The van der Waals surface area contributed by atoms with Gasteiger partial charge >= 0.3 is 5.97 Å². The van der Waals surface area contributed by atoms with Gasteiger partial charge in [-0.1, -0.05) is 0 Å². The van der Waals surface area contributed by atoms with Gasteiger partial charge in [-0.05, 0) is 20.8 Å². The number of likely N-dealkylation sites (N-methyl/N-ethyl adjacent to an activating group) is 1. The van der Waals surface area contributed by atoms with Gasteiger partial charge < -0.3 is 9.22 Å². The number of hydrogen-bond donors (Lipinski definition) is 0. The molecule has 16 heavy (non-hydrogen) atoms. The lowest BCUT2D eigenvalue weighted by molar-refractivity contribution is -0.923. The van der Waals surface area contributed by atoms with E-state index in [9.17, 15) is 4.79 Å². The van der Waals surface area contributed by atoms with E-state index in [1.54, 1.807) is 6.07 Å². The van der Waals surface area contributed by atoms with Crippen LogP contribution in [-0.4, -0.2) is 43.2 Å². The van der Waals surface area contributed by atoms with Crippen LogP contribution in [0.1, 0.15) is 20.8 Å². The zero-order chi connectivity index (χ0) is 12.4. The SMILES string of the molecule is CC[N+](CC)(CC)CCOC(=O)C=CC#N. The standard InChI is InChI=1S/C12H21N2O2/c1-4-14(5-2,6-3)10-11-16-12(15)8-7-9-13/h7-8H,4-6,10-11H2,1-3H3/q+1. The van der Waals surface area contributed by atoms with E-state index in [-0.39, 0.29) is 0 Å². The summed E-state index contributed by atoms with van der Waals surface area (Å²) >= 11 is 0. The van der Waals surface area contributed by atoms with Crippen molar-refractivity contribution in [1.82, 2.24) is 0 Å². The molecule has 90 valence electrons. The second kappa shape index (κ2) is 7.89. The van der Waals surface area contributed by atoms with Gasteiger partial charge in [-0.15, -0.1) is 0 Å². The monoisotopic (exact) mass is 225 g/mol. The molecule has 0 rings (SSSR count).